The number of carbonyl (C=O) groups is 1. The van der Waals surface area contributed by atoms with Gasteiger partial charge in [-0.25, -0.2) is 8.42 Å². The maximum absolute atomic E-state index is 13.5. The summed E-state index contributed by atoms with van der Waals surface area (Å²) in [5.41, 5.74) is 4.02. The van der Waals surface area contributed by atoms with Crippen molar-refractivity contribution in [1.82, 2.24) is 9.62 Å². The second kappa shape index (κ2) is 10.1. The molecule has 0 saturated carbocycles. The minimum absolute atomic E-state index is 0.0471. The predicted molar refractivity (Wildman–Crippen MR) is 130 cm³/mol. The van der Waals surface area contributed by atoms with Gasteiger partial charge in [-0.1, -0.05) is 65.7 Å². The van der Waals surface area contributed by atoms with Crippen LogP contribution in [0, 0.1) is 6.92 Å². The number of nitrogens with one attached hydrogen (secondary N) is 1. The SMILES string of the molecule is Cc1ccc(S(=O)(=O)N(CC(=O)NC2CCCc3ccccc32)Cc2cccc(Cl)c2)cc1. The molecule has 172 valence electrons. The molecule has 3 aromatic carbocycles. The molecule has 1 N–H and O–H groups in total. The highest BCUT2D eigenvalue weighted by Gasteiger charge is 2.29. The van der Waals surface area contributed by atoms with Crippen LogP contribution in [-0.4, -0.2) is 25.2 Å². The first kappa shape index (κ1) is 23.5. The van der Waals surface area contributed by atoms with E-state index in [1.165, 1.54) is 9.87 Å². The van der Waals surface area contributed by atoms with Gasteiger partial charge in [0.15, 0.2) is 0 Å². The lowest BCUT2D eigenvalue weighted by molar-refractivity contribution is -0.122. The summed E-state index contributed by atoms with van der Waals surface area (Å²) in [6.07, 6.45) is 2.81. The van der Waals surface area contributed by atoms with E-state index in [2.05, 4.69) is 11.4 Å². The summed E-state index contributed by atoms with van der Waals surface area (Å²) in [4.78, 5) is 13.2. The summed E-state index contributed by atoms with van der Waals surface area (Å²) >= 11 is 6.11. The van der Waals surface area contributed by atoms with Gasteiger partial charge in [-0.3, -0.25) is 4.79 Å². The van der Waals surface area contributed by atoms with E-state index in [4.69, 9.17) is 11.6 Å². The largest absolute Gasteiger partial charge is 0.348 e. The molecular formula is C26H27ClN2O3S. The summed E-state index contributed by atoms with van der Waals surface area (Å²) in [6, 6.07) is 21.7. The maximum Gasteiger partial charge on any atom is 0.243 e. The van der Waals surface area contributed by atoms with Crippen LogP contribution in [0.15, 0.2) is 77.7 Å². The van der Waals surface area contributed by atoms with Gasteiger partial charge in [0, 0.05) is 11.6 Å². The average Bonchev–Trinajstić information content (AvgIpc) is 2.79. The molecule has 33 heavy (non-hydrogen) atoms. The highest BCUT2D eigenvalue weighted by molar-refractivity contribution is 7.89. The van der Waals surface area contributed by atoms with Crippen molar-refractivity contribution in [3.63, 3.8) is 0 Å². The molecule has 0 fully saturated rings. The summed E-state index contributed by atoms with van der Waals surface area (Å²) in [6.45, 7) is 1.67. The van der Waals surface area contributed by atoms with Gasteiger partial charge in [-0.05, 0) is 67.1 Å². The van der Waals surface area contributed by atoms with Gasteiger partial charge in [-0.15, -0.1) is 0 Å². The molecule has 4 rings (SSSR count). The molecule has 5 nitrogen and oxygen atoms in total. The molecule has 3 aromatic rings. The topological polar surface area (TPSA) is 66.5 Å². The number of amides is 1. The van der Waals surface area contributed by atoms with E-state index in [0.717, 1.165) is 30.4 Å². The number of benzene rings is 3. The van der Waals surface area contributed by atoms with Crippen LogP contribution in [0.2, 0.25) is 5.02 Å². The van der Waals surface area contributed by atoms with Crippen LogP contribution in [0.3, 0.4) is 0 Å². The van der Waals surface area contributed by atoms with E-state index in [9.17, 15) is 13.2 Å². The van der Waals surface area contributed by atoms with Crippen molar-refractivity contribution in [3.05, 3.63) is 100 Å². The molecule has 0 heterocycles. The second-order valence-corrected chi connectivity index (χ2v) is 10.8. The van der Waals surface area contributed by atoms with Crippen molar-refractivity contribution in [2.24, 2.45) is 0 Å². The van der Waals surface area contributed by atoms with Crippen molar-refractivity contribution in [2.45, 2.75) is 43.7 Å². The van der Waals surface area contributed by atoms with Crippen molar-refractivity contribution < 1.29 is 13.2 Å². The lowest BCUT2D eigenvalue weighted by atomic mass is 9.88. The molecule has 0 aromatic heterocycles. The van der Waals surface area contributed by atoms with Crippen LogP contribution < -0.4 is 5.32 Å². The number of halogens is 1. The molecule has 0 bridgehead atoms. The molecule has 0 aliphatic heterocycles. The third kappa shape index (κ3) is 5.64. The molecule has 0 spiro atoms. The zero-order valence-corrected chi connectivity index (χ0v) is 20.1. The highest BCUT2D eigenvalue weighted by atomic mass is 35.5. The molecule has 0 radical (unpaired) electrons. The Labute approximate surface area is 200 Å². The van der Waals surface area contributed by atoms with Gasteiger partial charge in [-0.2, -0.15) is 4.31 Å². The third-order valence-corrected chi connectivity index (χ3v) is 7.97. The second-order valence-electron chi connectivity index (χ2n) is 8.43. The molecule has 1 aliphatic rings. The lowest BCUT2D eigenvalue weighted by Gasteiger charge is -2.28. The monoisotopic (exact) mass is 482 g/mol. The van der Waals surface area contributed by atoms with Gasteiger partial charge in [0.25, 0.3) is 0 Å². The molecule has 1 atom stereocenters. The summed E-state index contributed by atoms with van der Waals surface area (Å²) in [5, 5.41) is 3.58. The fraction of sp³-hybridized carbons (Fsp3) is 0.269. The van der Waals surface area contributed by atoms with Crippen LogP contribution in [0.1, 0.15) is 41.1 Å². The third-order valence-electron chi connectivity index (χ3n) is 5.93. The molecule has 1 amide bonds. The Bertz CT molecular complexity index is 1240. The highest BCUT2D eigenvalue weighted by Crippen LogP contribution is 2.29. The van der Waals surface area contributed by atoms with Gasteiger partial charge in [0.2, 0.25) is 15.9 Å². The van der Waals surface area contributed by atoms with E-state index in [-0.39, 0.29) is 29.9 Å². The number of sulfonamides is 1. The smallest absolute Gasteiger partial charge is 0.243 e. The number of aryl methyl sites for hydroxylation is 2. The Morgan fingerprint density at radius 1 is 1.06 bits per heavy atom. The van der Waals surface area contributed by atoms with Crippen LogP contribution in [0.25, 0.3) is 0 Å². The minimum Gasteiger partial charge on any atom is -0.348 e. The first-order valence-electron chi connectivity index (χ1n) is 11.0. The maximum atomic E-state index is 13.5. The molecule has 0 saturated heterocycles. The fourth-order valence-electron chi connectivity index (χ4n) is 4.23. The molecule has 1 unspecified atom stereocenters. The predicted octanol–water partition coefficient (Wildman–Crippen LogP) is 5.03. The number of fused-ring (bicyclic) bond motifs is 1. The van der Waals surface area contributed by atoms with E-state index in [1.54, 1.807) is 48.5 Å². The van der Waals surface area contributed by atoms with Gasteiger partial charge >= 0.3 is 0 Å². The Morgan fingerprint density at radius 3 is 2.58 bits per heavy atom. The van der Waals surface area contributed by atoms with E-state index in [0.29, 0.717) is 10.6 Å². The molecule has 1 aliphatic carbocycles. The molecule has 7 heteroatoms. The number of hydrogen-bond donors (Lipinski definition) is 1. The number of rotatable bonds is 7. The summed E-state index contributed by atoms with van der Waals surface area (Å²) in [7, 11) is -3.90. The first-order chi connectivity index (χ1) is 15.8. The van der Waals surface area contributed by atoms with Gasteiger partial charge < -0.3 is 5.32 Å². The zero-order chi connectivity index (χ0) is 23.4. The Hall–Kier alpha value is -2.67. The van der Waals surface area contributed by atoms with E-state index < -0.39 is 10.0 Å². The van der Waals surface area contributed by atoms with Crippen molar-refractivity contribution in [1.29, 1.82) is 0 Å². The quantitative estimate of drug-likeness (QED) is 0.513. The fourth-order valence-corrected chi connectivity index (χ4v) is 5.83. The zero-order valence-electron chi connectivity index (χ0n) is 18.5. The Kier molecular flexibility index (Phi) is 7.17. The summed E-state index contributed by atoms with van der Waals surface area (Å²) < 4.78 is 28.2. The normalized spacial score (nSPS) is 15.8. The van der Waals surface area contributed by atoms with Crippen molar-refractivity contribution >= 4 is 27.5 Å². The first-order valence-corrected chi connectivity index (χ1v) is 12.8. The van der Waals surface area contributed by atoms with E-state index >= 15 is 0 Å². The Morgan fingerprint density at radius 2 is 1.82 bits per heavy atom. The van der Waals surface area contributed by atoms with Gasteiger partial charge in [0.1, 0.15) is 0 Å². The minimum atomic E-state index is -3.90. The van der Waals surface area contributed by atoms with Crippen molar-refractivity contribution in [3.8, 4) is 0 Å². The standard InChI is InChI=1S/C26H27ClN2O3S/c1-19-12-14-23(15-13-19)33(31,32)29(17-20-6-4-9-22(27)16-20)18-26(30)28-25-11-5-8-21-7-2-3-10-24(21)25/h2-4,6-7,9-10,12-16,25H,5,8,11,17-18H2,1H3,(H,28,30). The van der Waals surface area contributed by atoms with Crippen LogP contribution in [-0.2, 0) is 27.8 Å². The number of hydrogen-bond acceptors (Lipinski definition) is 3. The van der Waals surface area contributed by atoms with Crippen LogP contribution >= 0.6 is 11.6 Å². The van der Waals surface area contributed by atoms with Crippen LogP contribution in [0.4, 0.5) is 0 Å². The molecular weight excluding hydrogens is 456 g/mol. The van der Waals surface area contributed by atoms with Gasteiger partial charge in [0.05, 0.1) is 17.5 Å². The lowest BCUT2D eigenvalue weighted by Crippen LogP contribution is -2.42. The van der Waals surface area contributed by atoms with Crippen LogP contribution in [0.5, 0.6) is 0 Å². The number of carbonyl (C=O) groups excluding carboxylic acids is 1. The Balaban J connectivity index is 1.58. The van der Waals surface area contributed by atoms with Crippen molar-refractivity contribution in [2.75, 3.05) is 6.54 Å². The average molecular weight is 483 g/mol. The summed E-state index contributed by atoms with van der Waals surface area (Å²) in [5.74, 6) is -0.325. The number of nitrogens with zero attached hydrogens (tertiary/aromatic N) is 1. The van der Waals surface area contributed by atoms with E-state index in [1.807, 2.05) is 25.1 Å².